The van der Waals surface area contributed by atoms with Crippen molar-refractivity contribution in [3.8, 4) is 0 Å². The van der Waals surface area contributed by atoms with Gasteiger partial charge in [0, 0.05) is 29.1 Å². The number of fused-ring (bicyclic) bond motifs is 1. The van der Waals surface area contributed by atoms with Gasteiger partial charge >= 0.3 is 0 Å². The maximum atomic E-state index is 12.5. The average Bonchev–Trinajstić information content (AvgIpc) is 2.52. The van der Waals surface area contributed by atoms with Gasteiger partial charge in [-0.15, -0.1) is 0 Å². The smallest absolute Gasteiger partial charge is 0.252 e. The Morgan fingerprint density at radius 2 is 1.95 bits per heavy atom. The third-order valence-electron chi connectivity index (χ3n) is 4.45. The molecule has 1 fully saturated rings. The van der Waals surface area contributed by atoms with Crippen LogP contribution >= 0.6 is 0 Å². The third-order valence-corrected chi connectivity index (χ3v) is 4.45. The first kappa shape index (κ1) is 14.8. The minimum atomic E-state index is -0.315. The summed E-state index contributed by atoms with van der Waals surface area (Å²) in [6.07, 6.45) is 5.30. The number of amides is 1. The number of H-pyrrole nitrogens is 1. The SMILES string of the molecule is NC1(CNC(=O)c2cc(=O)[nH]c3ccccc23)CCCCC1. The Kier molecular flexibility index (Phi) is 3.98. The second-order valence-electron chi connectivity index (χ2n) is 6.20. The number of carbonyl (C=O) groups excluding carboxylic acids is 1. The molecule has 1 aromatic carbocycles. The fourth-order valence-electron chi connectivity index (χ4n) is 3.18. The molecule has 22 heavy (non-hydrogen) atoms. The minimum absolute atomic E-state index is 0.238. The zero-order valence-electron chi connectivity index (χ0n) is 12.5. The number of nitrogens with one attached hydrogen (secondary N) is 2. The van der Waals surface area contributed by atoms with Crippen LogP contribution in [0.4, 0.5) is 0 Å². The lowest BCUT2D eigenvalue weighted by Crippen LogP contribution is -2.51. The summed E-state index contributed by atoms with van der Waals surface area (Å²) in [6, 6.07) is 8.65. The van der Waals surface area contributed by atoms with Gasteiger partial charge in [-0.2, -0.15) is 0 Å². The zero-order valence-corrected chi connectivity index (χ0v) is 12.5. The van der Waals surface area contributed by atoms with Gasteiger partial charge in [0.15, 0.2) is 0 Å². The number of hydrogen-bond donors (Lipinski definition) is 3. The molecule has 1 amide bonds. The zero-order chi connectivity index (χ0) is 15.6. The van der Waals surface area contributed by atoms with Crippen LogP contribution in [0.5, 0.6) is 0 Å². The van der Waals surface area contributed by atoms with E-state index in [1.165, 1.54) is 12.5 Å². The van der Waals surface area contributed by atoms with Crippen LogP contribution in [0.15, 0.2) is 35.1 Å². The van der Waals surface area contributed by atoms with E-state index in [2.05, 4.69) is 10.3 Å². The van der Waals surface area contributed by atoms with Gasteiger partial charge in [0.05, 0.1) is 5.56 Å². The summed E-state index contributed by atoms with van der Waals surface area (Å²) in [5, 5.41) is 3.66. The predicted octanol–water partition coefficient (Wildman–Crippen LogP) is 1.92. The highest BCUT2D eigenvalue weighted by atomic mass is 16.2. The van der Waals surface area contributed by atoms with Crippen molar-refractivity contribution in [2.45, 2.75) is 37.6 Å². The number of aromatic amines is 1. The maximum absolute atomic E-state index is 12.5. The van der Waals surface area contributed by atoms with Gasteiger partial charge < -0.3 is 16.0 Å². The van der Waals surface area contributed by atoms with Crippen LogP contribution in [0.1, 0.15) is 42.5 Å². The molecule has 0 radical (unpaired) electrons. The minimum Gasteiger partial charge on any atom is -0.350 e. The van der Waals surface area contributed by atoms with Gasteiger partial charge in [0.25, 0.3) is 5.91 Å². The molecule has 1 heterocycles. The first-order valence-corrected chi connectivity index (χ1v) is 7.77. The van der Waals surface area contributed by atoms with E-state index in [0.717, 1.165) is 31.1 Å². The topological polar surface area (TPSA) is 88.0 Å². The first-order valence-electron chi connectivity index (χ1n) is 7.77. The molecule has 0 saturated heterocycles. The van der Waals surface area contributed by atoms with Crippen LogP contribution in [-0.4, -0.2) is 23.0 Å². The van der Waals surface area contributed by atoms with Gasteiger partial charge in [-0.1, -0.05) is 37.5 Å². The Labute approximate surface area is 128 Å². The first-order chi connectivity index (χ1) is 10.6. The number of rotatable bonds is 3. The fraction of sp³-hybridized carbons (Fsp3) is 0.412. The molecule has 1 aromatic heterocycles. The van der Waals surface area contributed by atoms with Crippen molar-refractivity contribution in [1.82, 2.24) is 10.3 Å². The Morgan fingerprint density at radius 3 is 2.73 bits per heavy atom. The lowest BCUT2D eigenvalue weighted by molar-refractivity contribution is 0.0939. The Hall–Kier alpha value is -2.14. The lowest BCUT2D eigenvalue weighted by Gasteiger charge is -2.33. The quantitative estimate of drug-likeness (QED) is 0.809. The summed E-state index contributed by atoms with van der Waals surface area (Å²) >= 11 is 0. The van der Waals surface area contributed by atoms with Gasteiger partial charge in [-0.05, 0) is 18.9 Å². The molecule has 3 rings (SSSR count). The number of hydrogen-bond acceptors (Lipinski definition) is 3. The van der Waals surface area contributed by atoms with Crippen molar-refractivity contribution in [3.63, 3.8) is 0 Å². The van der Waals surface area contributed by atoms with Gasteiger partial charge in [-0.25, -0.2) is 0 Å². The van der Waals surface area contributed by atoms with E-state index in [1.807, 2.05) is 18.2 Å². The molecule has 0 atom stereocenters. The molecule has 0 spiro atoms. The van der Waals surface area contributed by atoms with Crippen molar-refractivity contribution in [3.05, 3.63) is 46.2 Å². The normalized spacial score (nSPS) is 17.3. The van der Waals surface area contributed by atoms with E-state index in [1.54, 1.807) is 6.07 Å². The van der Waals surface area contributed by atoms with Gasteiger partial charge in [0.2, 0.25) is 5.56 Å². The number of para-hydroxylation sites is 1. The lowest BCUT2D eigenvalue weighted by atomic mass is 9.82. The summed E-state index contributed by atoms with van der Waals surface area (Å²) in [5.41, 5.74) is 6.83. The summed E-state index contributed by atoms with van der Waals surface area (Å²) in [4.78, 5) is 26.9. The highest BCUT2D eigenvalue weighted by molar-refractivity contribution is 6.05. The summed E-state index contributed by atoms with van der Waals surface area (Å²) < 4.78 is 0. The van der Waals surface area contributed by atoms with Crippen molar-refractivity contribution < 1.29 is 4.79 Å². The number of benzene rings is 1. The van der Waals surface area contributed by atoms with Crippen LogP contribution in [0.3, 0.4) is 0 Å². The number of pyridine rings is 1. The fourth-order valence-corrected chi connectivity index (χ4v) is 3.18. The second-order valence-corrected chi connectivity index (χ2v) is 6.20. The maximum Gasteiger partial charge on any atom is 0.252 e. The number of carbonyl (C=O) groups is 1. The van der Waals surface area contributed by atoms with Crippen molar-refractivity contribution in [2.75, 3.05) is 6.54 Å². The van der Waals surface area contributed by atoms with E-state index in [-0.39, 0.29) is 17.0 Å². The van der Waals surface area contributed by atoms with Gasteiger partial charge in [0.1, 0.15) is 0 Å². The van der Waals surface area contributed by atoms with E-state index in [0.29, 0.717) is 17.6 Å². The Balaban J connectivity index is 1.82. The van der Waals surface area contributed by atoms with E-state index < -0.39 is 0 Å². The molecule has 0 aliphatic heterocycles. The van der Waals surface area contributed by atoms with Crippen molar-refractivity contribution >= 4 is 16.8 Å². The molecule has 0 unspecified atom stereocenters. The molecular formula is C17H21N3O2. The molecule has 2 aromatic rings. The summed E-state index contributed by atoms with van der Waals surface area (Å²) in [5.74, 6) is -0.238. The van der Waals surface area contributed by atoms with Crippen LogP contribution in [0.2, 0.25) is 0 Å². The molecular weight excluding hydrogens is 278 g/mol. The molecule has 1 aliphatic rings. The Bertz CT molecular complexity index is 745. The largest absolute Gasteiger partial charge is 0.350 e. The van der Waals surface area contributed by atoms with Crippen LogP contribution in [0.25, 0.3) is 10.9 Å². The molecule has 1 saturated carbocycles. The van der Waals surface area contributed by atoms with Crippen LogP contribution in [-0.2, 0) is 0 Å². The average molecular weight is 299 g/mol. The summed E-state index contributed by atoms with van der Waals surface area (Å²) in [7, 11) is 0. The Morgan fingerprint density at radius 1 is 1.23 bits per heavy atom. The molecule has 1 aliphatic carbocycles. The molecule has 4 N–H and O–H groups in total. The van der Waals surface area contributed by atoms with Crippen LogP contribution < -0.4 is 16.6 Å². The molecule has 5 nitrogen and oxygen atoms in total. The highest BCUT2D eigenvalue weighted by Gasteiger charge is 2.28. The molecule has 5 heteroatoms. The molecule has 116 valence electrons. The predicted molar refractivity (Wildman–Crippen MR) is 86.9 cm³/mol. The summed E-state index contributed by atoms with van der Waals surface area (Å²) in [6.45, 7) is 0.451. The molecule has 0 bridgehead atoms. The van der Waals surface area contributed by atoms with Crippen molar-refractivity contribution in [1.29, 1.82) is 0 Å². The number of nitrogens with two attached hydrogens (primary N) is 1. The highest BCUT2D eigenvalue weighted by Crippen LogP contribution is 2.25. The van der Waals surface area contributed by atoms with Crippen LogP contribution in [0, 0.1) is 0 Å². The third kappa shape index (κ3) is 3.04. The number of aromatic nitrogens is 1. The van der Waals surface area contributed by atoms with Gasteiger partial charge in [-0.3, -0.25) is 9.59 Å². The van der Waals surface area contributed by atoms with E-state index in [4.69, 9.17) is 5.73 Å². The monoisotopic (exact) mass is 299 g/mol. The second kappa shape index (κ2) is 5.93. The van der Waals surface area contributed by atoms with E-state index >= 15 is 0 Å². The standard InChI is InChI=1S/C17H21N3O2/c18-17(8-4-1-5-9-17)11-19-16(22)13-10-15(21)20-14-7-3-2-6-12(13)14/h2-3,6-7,10H,1,4-5,8-9,11,18H2,(H,19,22)(H,20,21). The van der Waals surface area contributed by atoms with Crippen molar-refractivity contribution in [2.24, 2.45) is 5.73 Å². The van der Waals surface area contributed by atoms with E-state index in [9.17, 15) is 9.59 Å².